The number of nitrogens with one attached hydrogen (secondary N) is 1. The van der Waals surface area contributed by atoms with Gasteiger partial charge in [-0.05, 0) is 31.6 Å². The van der Waals surface area contributed by atoms with Gasteiger partial charge in [0.25, 0.3) is 5.89 Å². The van der Waals surface area contributed by atoms with E-state index in [4.69, 9.17) is 20.4 Å². The lowest BCUT2D eigenvalue weighted by atomic mass is 10.3. The van der Waals surface area contributed by atoms with E-state index < -0.39 is 0 Å². The summed E-state index contributed by atoms with van der Waals surface area (Å²) in [5, 5.41) is 11.0. The Kier molecular flexibility index (Phi) is 2.75. The van der Waals surface area contributed by atoms with Crippen LogP contribution in [0.2, 0.25) is 5.22 Å². The SMILES string of the molecule is CNC(C)c1nnc(-c2ccoc2Cl)o1. The van der Waals surface area contributed by atoms with Gasteiger partial charge in [-0.3, -0.25) is 0 Å². The summed E-state index contributed by atoms with van der Waals surface area (Å²) in [6, 6.07) is 1.70. The van der Waals surface area contributed by atoms with E-state index in [2.05, 4.69) is 15.5 Å². The van der Waals surface area contributed by atoms with Crippen molar-refractivity contribution in [3.63, 3.8) is 0 Å². The van der Waals surface area contributed by atoms with E-state index >= 15 is 0 Å². The minimum atomic E-state index is 0.0110. The van der Waals surface area contributed by atoms with Crippen molar-refractivity contribution in [3.05, 3.63) is 23.4 Å². The Labute approximate surface area is 91.4 Å². The smallest absolute Gasteiger partial charge is 0.252 e. The molecule has 2 aromatic rings. The Morgan fingerprint density at radius 1 is 1.47 bits per heavy atom. The summed E-state index contributed by atoms with van der Waals surface area (Å²) in [5.41, 5.74) is 0.610. The minimum Gasteiger partial charge on any atom is -0.452 e. The van der Waals surface area contributed by atoms with Crippen LogP contribution in [0.1, 0.15) is 18.9 Å². The van der Waals surface area contributed by atoms with Crippen molar-refractivity contribution in [1.82, 2.24) is 15.5 Å². The molecule has 1 atom stereocenters. The highest BCUT2D eigenvalue weighted by Gasteiger charge is 2.16. The normalized spacial score (nSPS) is 13.0. The average Bonchev–Trinajstić information content (AvgIpc) is 2.84. The molecule has 0 bridgehead atoms. The predicted octanol–water partition coefficient (Wildman–Crippen LogP) is 2.26. The van der Waals surface area contributed by atoms with Crippen molar-refractivity contribution in [2.24, 2.45) is 0 Å². The Bertz CT molecular complexity index is 452. The molecule has 2 heterocycles. The van der Waals surface area contributed by atoms with Crippen molar-refractivity contribution in [3.8, 4) is 11.5 Å². The first kappa shape index (κ1) is 10.2. The summed E-state index contributed by atoms with van der Waals surface area (Å²) in [4.78, 5) is 0. The third-order valence-electron chi connectivity index (χ3n) is 2.09. The number of hydrogen-bond acceptors (Lipinski definition) is 5. The van der Waals surface area contributed by atoms with Gasteiger partial charge in [0.05, 0.1) is 17.9 Å². The molecule has 0 aliphatic rings. The molecule has 0 amide bonds. The fourth-order valence-corrected chi connectivity index (χ4v) is 1.28. The molecule has 1 unspecified atom stereocenters. The van der Waals surface area contributed by atoms with Crippen LogP contribution in [0.5, 0.6) is 0 Å². The van der Waals surface area contributed by atoms with Crippen molar-refractivity contribution >= 4 is 11.6 Å². The number of furan rings is 1. The van der Waals surface area contributed by atoms with E-state index in [0.717, 1.165) is 0 Å². The van der Waals surface area contributed by atoms with Gasteiger partial charge >= 0.3 is 0 Å². The second kappa shape index (κ2) is 4.04. The largest absolute Gasteiger partial charge is 0.452 e. The summed E-state index contributed by atoms with van der Waals surface area (Å²) in [6.07, 6.45) is 1.48. The van der Waals surface area contributed by atoms with Crippen LogP contribution in [0.3, 0.4) is 0 Å². The van der Waals surface area contributed by atoms with E-state index in [1.165, 1.54) is 6.26 Å². The van der Waals surface area contributed by atoms with Crippen LogP contribution < -0.4 is 5.32 Å². The molecule has 0 spiro atoms. The summed E-state index contributed by atoms with van der Waals surface area (Å²) in [6.45, 7) is 1.92. The number of aromatic nitrogens is 2. The Balaban J connectivity index is 2.32. The molecule has 5 nitrogen and oxygen atoms in total. The van der Waals surface area contributed by atoms with Crippen LogP contribution in [-0.4, -0.2) is 17.2 Å². The quantitative estimate of drug-likeness (QED) is 0.872. The molecule has 2 aromatic heterocycles. The summed E-state index contributed by atoms with van der Waals surface area (Å²) >= 11 is 5.79. The molecule has 0 radical (unpaired) electrons. The molecule has 0 aliphatic heterocycles. The molecular weight excluding hydrogens is 218 g/mol. The third kappa shape index (κ3) is 1.88. The van der Waals surface area contributed by atoms with E-state index in [-0.39, 0.29) is 11.3 Å². The first-order valence-electron chi connectivity index (χ1n) is 4.46. The molecule has 1 N–H and O–H groups in total. The minimum absolute atomic E-state index is 0.0110. The maximum Gasteiger partial charge on any atom is 0.252 e. The molecule has 80 valence electrons. The van der Waals surface area contributed by atoms with E-state index in [1.54, 1.807) is 6.07 Å². The maximum atomic E-state index is 5.79. The molecule has 0 saturated carbocycles. The zero-order chi connectivity index (χ0) is 10.8. The van der Waals surface area contributed by atoms with Crippen LogP contribution in [0.25, 0.3) is 11.5 Å². The van der Waals surface area contributed by atoms with Crippen LogP contribution in [-0.2, 0) is 0 Å². The molecule has 0 aromatic carbocycles. The molecule has 0 fully saturated rings. The average molecular weight is 228 g/mol. The number of rotatable bonds is 3. The molecule has 2 rings (SSSR count). The third-order valence-corrected chi connectivity index (χ3v) is 2.39. The number of nitrogens with zero attached hydrogens (tertiary/aromatic N) is 2. The van der Waals surface area contributed by atoms with Crippen LogP contribution in [0.15, 0.2) is 21.2 Å². The highest BCUT2D eigenvalue weighted by atomic mass is 35.5. The van der Waals surface area contributed by atoms with Crippen molar-refractivity contribution in [2.45, 2.75) is 13.0 Å². The fraction of sp³-hybridized carbons (Fsp3) is 0.333. The van der Waals surface area contributed by atoms with Gasteiger partial charge in [-0.15, -0.1) is 10.2 Å². The van der Waals surface area contributed by atoms with Gasteiger partial charge in [0.1, 0.15) is 0 Å². The van der Waals surface area contributed by atoms with Gasteiger partial charge in [0.2, 0.25) is 11.1 Å². The zero-order valence-electron chi connectivity index (χ0n) is 8.32. The van der Waals surface area contributed by atoms with Gasteiger partial charge in [0.15, 0.2) is 0 Å². The highest BCUT2D eigenvalue weighted by Crippen LogP contribution is 2.28. The van der Waals surface area contributed by atoms with Crippen LogP contribution in [0, 0.1) is 0 Å². The first-order valence-corrected chi connectivity index (χ1v) is 4.84. The maximum absolute atomic E-state index is 5.79. The van der Waals surface area contributed by atoms with Crippen LogP contribution >= 0.6 is 11.6 Å². The zero-order valence-corrected chi connectivity index (χ0v) is 9.08. The topological polar surface area (TPSA) is 64.1 Å². The predicted molar refractivity (Wildman–Crippen MR) is 54.5 cm³/mol. The van der Waals surface area contributed by atoms with Gasteiger partial charge in [-0.2, -0.15) is 0 Å². The summed E-state index contributed by atoms with van der Waals surface area (Å²) in [5.74, 6) is 0.885. The van der Waals surface area contributed by atoms with E-state index in [9.17, 15) is 0 Å². The van der Waals surface area contributed by atoms with Crippen LogP contribution in [0.4, 0.5) is 0 Å². The second-order valence-corrected chi connectivity index (χ2v) is 3.41. The van der Waals surface area contributed by atoms with Crippen molar-refractivity contribution in [1.29, 1.82) is 0 Å². The molecule has 15 heavy (non-hydrogen) atoms. The van der Waals surface area contributed by atoms with Crippen molar-refractivity contribution in [2.75, 3.05) is 7.05 Å². The molecule has 0 aliphatic carbocycles. The lowest BCUT2D eigenvalue weighted by Crippen LogP contribution is -2.12. The monoisotopic (exact) mass is 227 g/mol. The molecule has 6 heteroatoms. The summed E-state index contributed by atoms with van der Waals surface area (Å²) in [7, 11) is 1.82. The Hall–Kier alpha value is -1.33. The van der Waals surface area contributed by atoms with Gasteiger partial charge < -0.3 is 14.2 Å². The highest BCUT2D eigenvalue weighted by molar-refractivity contribution is 6.31. The van der Waals surface area contributed by atoms with E-state index in [0.29, 0.717) is 17.3 Å². The Morgan fingerprint density at radius 3 is 2.87 bits per heavy atom. The molecule has 0 saturated heterocycles. The summed E-state index contributed by atoms with van der Waals surface area (Å²) < 4.78 is 10.4. The lowest BCUT2D eigenvalue weighted by Gasteiger charge is -2.01. The molecular formula is C9H10ClN3O2. The standard InChI is InChI=1S/C9H10ClN3O2/c1-5(11-2)8-12-13-9(15-8)6-3-4-14-7(6)10/h3-5,11H,1-2H3. The van der Waals surface area contributed by atoms with Gasteiger partial charge in [0, 0.05) is 0 Å². The Morgan fingerprint density at radius 2 is 2.27 bits per heavy atom. The first-order chi connectivity index (χ1) is 7.22. The van der Waals surface area contributed by atoms with Gasteiger partial charge in [-0.25, -0.2) is 0 Å². The number of hydrogen-bond donors (Lipinski definition) is 1. The van der Waals surface area contributed by atoms with Crippen molar-refractivity contribution < 1.29 is 8.83 Å². The fourth-order valence-electron chi connectivity index (χ4n) is 1.09. The lowest BCUT2D eigenvalue weighted by molar-refractivity contribution is 0.441. The number of halogens is 1. The van der Waals surface area contributed by atoms with Gasteiger partial charge in [-0.1, -0.05) is 0 Å². The second-order valence-electron chi connectivity index (χ2n) is 3.06. The van der Waals surface area contributed by atoms with E-state index in [1.807, 2.05) is 14.0 Å².